The average Bonchev–Trinajstić information content (AvgIpc) is 2.37. The third-order valence-corrected chi connectivity index (χ3v) is 2.73. The van der Waals surface area contributed by atoms with Gasteiger partial charge >= 0.3 is 0 Å². The zero-order valence-corrected chi connectivity index (χ0v) is 10.9. The van der Waals surface area contributed by atoms with Crippen molar-refractivity contribution < 1.29 is 0 Å². The molecule has 0 spiro atoms. The van der Waals surface area contributed by atoms with Gasteiger partial charge in [0.2, 0.25) is 0 Å². The highest BCUT2D eigenvalue weighted by Gasteiger charge is 1.94. The quantitative estimate of drug-likeness (QED) is 0.640. The third-order valence-electron chi connectivity index (χ3n) is 2.73. The first kappa shape index (κ1) is 12.5. The van der Waals surface area contributed by atoms with Gasteiger partial charge in [-0.05, 0) is 48.7 Å². The Balaban J connectivity index is 2.15. The van der Waals surface area contributed by atoms with E-state index in [0.717, 1.165) is 24.2 Å². The predicted molar refractivity (Wildman–Crippen MR) is 75.8 cm³/mol. The number of aryl methyl sites for hydroxylation is 2. The van der Waals surface area contributed by atoms with Crippen molar-refractivity contribution in [2.45, 2.75) is 26.7 Å². The van der Waals surface area contributed by atoms with Crippen LogP contribution in [0.4, 0.5) is 11.4 Å². The van der Waals surface area contributed by atoms with Crippen LogP contribution in [0.3, 0.4) is 0 Å². The molecule has 0 saturated carbocycles. The monoisotopic (exact) mass is 238 g/mol. The number of rotatable bonds is 4. The van der Waals surface area contributed by atoms with Crippen LogP contribution >= 0.6 is 0 Å². The highest BCUT2D eigenvalue weighted by atomic mass is 15.1. The fourth-order valence-electron chi connectivity index (χ4n) is 1.87. The Labute approximate surface area is 108 Å². The van der Waals surface area contributed by atoms with Crippen molar-refractivity contribution in [3.63, 3.8) is 0 Å². The number of benzene rings is 2. The largest absolute Gasteiger partial charge is 0.151 e. The summed E-state index contributed by atoms with van der Waals surface area (Å²) in [6.07, 6.45) is 2.24. The van der Waals surface area contributed by atoms with Crippen molar-refractivity contribution in [1.29, 1.82) is 0 Å². The van der Waals surface area contributed by atoms with E-state index < -0.39 is 0 Å². The summed E-state index contributed by atoms with van der Waals surface area (Å²) in [4.78, 5) is 0. The Bertz CT molecular complexity index is 544. The predicted octanol–water partition coefficient (Wildman–Crippen LogP) is 5.36. The second-order valence-electron chi connectivity index (χ2n) is 4.46. The van der Waals surface area contributed by atoms with Crippen LogP contribution in [0.5, 0.6) is 0 Å². The molecular weight excluding hydrogens is 220 g/mol. The number of hydrogen-bond donors (Lipinski definition) is 0. The molecule has 0 aliphatic heterocycles. The summed E-state index contributed by atoms with van der Waals surface area (Å²) in [6, 6.07) is 16.3. The summed E-state index contributed by atoms with van der Waals surface area (Å²) in [6.45, 7) is 4.24. The lowest BCUT2D eigenvalue weighted by Gasteiger charge is -1.99. The van der Waals surface area contributed by atoms with E-state index in [1.807, 2.05) is 30.3 Å². The molecule has 0 amide bonds. The molecule has 0 aliphatic rings. The number of nitrogens with zero attached hydrogens (tertiary/aromatic N) is 2. The maximum absolute atomic E-state index is 4.29. The molecular formula is C16H18N2. The molecule has 2 heteroatoms. The fourth-order valence-corrected chi connectivity index (χ4v) is 1.87. The minimum Gasteiger partial charge on any atom is -0.151 e. The Morgan fingerprint density at radius 3 is 2.22 bits per heavy atom. The Kier molecular flexibility index (Phi) is 4.24. The average molecular weight is 238 g/mol. The molecule has 0 unspecified atom stereocenters. The van der Waals surface area contributed by atoms with E-state index in [1.54, 1.807) is 0 Å². The molecule has 2 rings (SSSR count). The Morgan fingerprint density at radius 2 is 1.56 bits per heavy atom. The van der Waals surface area contributed by atoms with Crippen molar-refractivity contribution >= 4 is 11.4 Å². The zero-order chi connectivity index (χ0) is 12.8. The molecule has 0 fully saturated rings. The van der Waals surface area contributed by atoms with Crippen LogP contribution in [0, 0.1) is 6.92 Å². The summed E-state index contributed by atoms with van der Waals surface area (Å²) in [7, 11) is 0. The van der Waals surface area contributed by atoms with Gasteiger partial charge in [-0.2, -0.15) is 10.2 Å². The summed E-state index contributed by atoms with van der Waals surface area (Å²) in [5.41, 5.74) is 4.34. The molecule has 0 radical (unpaired) electrons. The van der Waals surface area contributed by atoms with Gasteiger partial charge < -0.3 is 0 Å². The maximum atomic E-state index is 4.29. The van der Waals surface area contributed by atoms with Crippen molar-refractivity contribution in [1.82, 2.24) is 0 Å². The molecule has 0 atom stereocenters. The lowest BCUT2D eigenvalue weighted by atomic mass is 10.1. The first-order valence-corrected chi connectivity index (χ1v) is 6.35. The Hall–Kier alpha value is -1.96. The molecule has 2 aromatic rings. The second-order valence-corrected chi connectivity index (χ2v) is 4.46. The Morgan fingerprint density at radius 1 is 0.889 bits per heavy atom. The zero-order valence-electron chi connectivity index (χ0n) is 10.9. The summed E-state index contributed by atoms with van der Waals surface area (Å²) in [5, 5.41) is 8.55. The molecule has 0 aliphatic carbocycles. The van der Waals surface area contributed by atoms with Crippen LogP contribution in [0.1, 0.15) is 24.5 Å². The summed E-state index contributed by atoms with van der Waals surface area (Å²) < 4.78 is 0. The first-order chi connectivity index (χ1) is 8.78. The topological polar surface area (TPSA) is 24.7 Å². The fraction of sp³-hybridized carbons (Fsp3) is 0.250. The van der Waals surface area contributed by atoms with E-state index >= 15 is 0 Å². The molecule has 18 heavy (non-hydrogen) atoms. The van der Waals surface area contributed by atoms with Gasteiger partial charge in [-0.15, -0.1) is 0 Å². The standard InChI is InChI=1S/C16H18N2/c1-3-6-14-8-5-10-16(12-14)18-17-15-9-4-7-13(2)11-15/h4-5,7-12H,3,6H2,1-2H3. The highest BCUT2D eigenvalue weighted by molar-refractivity contribution is 5.43. The molecule has 2 nitrogen and oxygen atoms in total. The van der Waals surface area contributed by atoms with Crippen LogP contribution in [0.25, 0.3) is 0 Å². The normalized spacial score (nSPS) is 11.0. The summed E-state index contributed by atoms with van der Waals surface area (Å²) >= 11 is 0. The molecule has 0 N–H and O–H groups in total. The molecule has 0 saturated heterocycles. The lowest BCUT2D eigenvalue weighted by Crippen LogP contribution is -1.80. The minimum absolute atomic E-state index is 0.899. The molecule has 2 aromatic carbocycles. The van der Waals surface area contributed by atoms with E-state index in [0.29, 0.717) is 0 Å². The van der Waals surface area contributed by atoms with Gasteiger partial charge in [-0.1, -0.05) is 37.6 Å². The van der Waals surface area contributed by atoms with Crippen LogP contribution < -0.4 is 0 Å². The van der Waals surface area contributed by atoms with Gasteiger partial charge in [0.1, 0.15) is 0 Å². The number of azo groups is 1. The van der Waals surface area contributed by atoms with Crippen molar-refractivity contribution in [3.05, 3.63) is 59.7 Å². The van der Waals surface area contributed by atoms with E-state index in [4.69, 9.17) is 0 Å². The molecule has 92 valence electrons. The third kappa shape index (κ3) is 3.52. The van der Waals surface area contributed by atoms with Crippen molar-refractivity contribution in [3.8, 4) is 0 Å². The van der Waals surface area contributed by atoms with Crippen LogP contribution in [0.15, 0.2) is 58.8 Å². The van der Waals surface area contributed by atoms with Crippen molar-refractivity contribution in [2.24, 2.45) is 10.2 Å². The van der Waals surface area contributed by atoms with E-state index in [1.165, 1.54) is 11.1 Å². The molecule has 0 heterocycles. The van der Waals surface area contributed by atoms with Crippen LogP contribution in [-0.2, 0) is 6.42 Å². The van der Waals surface area contributed by atoms with Gasteiger partial charge in [0.25, 0.3) is 0 Å². The smallest absolute Gasteiger partial charge is 0.0859 e. The van der Waals surface area contributed by atoms with Gasteiger partial charge in [-0.25, -0.2) is 0 Å². The van der Waals surface area contributed by atoms with E-state index in [-0.39, 0.29) is 0 Å². The number of hydrogen-bond acceptors (Lipinski definition) is 2. The van der Waals surface area contributed by atoms with Gasteiger partial charge in [-0.3, -0.25) is 0 Å². The second kappa shape index (κ2) is 6.10. The molecule has 0 aromatic heterocycles. The maximum Gasteiger partial charge on any atom is 0.0859 e. The van der Waals surface area contributed by atoms with Gasteiger partial charge in [0, 0.05) is 0 Å². The van der Waals surface area contributed by atoms with E-state index in [9.17, 15) is 0 Å². The SMILES string of the molecule is CCCc1cccc(N=Nc2cccc(C)c2)c1. The van der Waals surface area contributed by atoms with Gasteiger partial charge in [0.15, 0.2) is 0 Å². The van der Waals surface area contributed by atoms with Crippen LogP contribution in [-0.4, -0.2) is 0 Å². The highest BCUT2D eigenvalue weighted by Crippen LogP contribution is 2.20. The van der Waals surface area contributed by atoms with Gasteiger partial charge in [0.05, 0.1) is 11.4 Å². The minimum atomic E-state index is 0.899. The van der Waals surface area contributed by atoms with Crippen LogP contribution in [0.2, 0.25) is 0 Å². The lowest BCUT2D eigenvalue weighted by molar-refractivity contribution is 0.921. The van der Waals surface area contributed by atoms with E-state index in [2.05, 4.69) is 42.3 Å². The molecule has 0 bridgehead atoms. The summed E-state index contributed by atoms with van der Waals surface area (Å²) in [5.74, 6) is 0. The first-order valence-electron chi connectivity index (χ1n) is 6.35. The van der Waals surface area contributed by atoms with Crippen molar-refractivity contribution in [2.75, 3.05) is 0 Å².